The molecule has 3 heteroatoms. The van der Waals surface area contributed by atoms with Crippen LogP contribution in [0.5, 0.6) is 0 Å². The molecule has 2 N–H and O–H groups in total. The third-order valence-electron chi connectivity index (χ3n) is 2.84. The van der Waals surface area contributed by atoms with Crippen molar-refractivity contribution in [2.24, 2.45) is 5.92 Å². The highest BCUT2D eigenvalue weighted by Crippen LogP contribution is 2.24. The molecule has 3 unspecified atom stereocenters. The molecule has 1 aliphatic rings. The monoisotopic (exact) mass is 201 g/mol. The number of hydrogen-bond acceptors (Lipinski definition) is 3. The zero-order chi connectivity index (χ0) is 10.4. The first-order valence-corrected chi connectivity index (χ1v) is 5.71. The van der Waals surface area contributed by atoms with Gasteiger partial charge in [0.05, 0.1) is 12.7 Å². The highest BCUT2D eigenvalue weighted by Gasteiger charge is 2.22. The minimum Gasteiger partial charge on any atom is -0.393 e. The molecule has 0 bridgehead atoms. The summed E-state index contributed by atoms with van der Waals surface area (Å²) in [6.45, 7) is 6.74. The van der Waals surface area contributed by atoms with Crippen molar-refractivity contribution < 1.29 is 9.84 Å². The number of hydrogen-bond donors (Lipinski definition) is 2. The van der Waals surface area contributed by atoms with Crippen molar-refractivity contribution in [1.29, 1.82) is 0 Å². The Labute approximate surface area is 86.8 Å². The van der Waals surface area contributed by atoms with Crippen molar-refractivity contribution >= 4 is 0 Å². The molecule has 0 aromatic heterocycles. The third-order valence-corrected chi connectivity index (χ3v) is 2.84. The number of aliphatic hydroxyl groups is 1. The molecular formula is C11H23NO2. The van der Waals surface area contributed by atoms with Gasteiger partial charge in [-0.05, 0) is 45.6 Å². The SMILES string of the molecule is CCOCC(C)NCC1CCC(O)C1. The van der Waals surface area contributed by atoms with Crippen LogP contribution in [0.1, 0.15) is 33.1 Å². The molecule has 1 rings (SSSR count). The van der Waals surface area contributed by atoms with E-state index in [1.165, 1.54) is 0 Å². The Balaban J connectivity index is 2.02. The van der Waals surface area contributed by atoms with Crippen LogP contribution < -0.4 is 5.32 Å². The van der Waals surface area contributed by atoms with E-state index in [2.05, 4.69) is 12.2 Å². The second-order valence-electron chi connectivity index (χ2n) is 4.30. The Morgan fingerprint density at radius 2 is 2.29 bits per heavy atom. The summed E-state index contributed by atoms with van der Waals surface area (Å²) < 4.78 is 5.32. The van der Waals surface area contributed by atoms with E-state index >= 15 is 0 Å². The quantitative estimate of drug-likeness (QED) is 0.677. The number of rotatable bonds is 6. The normalized spacial score (nSPS) is 29.4. The van der Waals surface area contributed by atoms with E-state index < -0.39 is 0 Å². The van der Waals surface area contributed by atoms with E-state index in [4.69, 9.17) is 4.74 Å². The molecular weight excluding hydrogens is 178 g/mol. The lowest BCUT2D eigenvalue weighted by atomic mass is 10.1. The molecule has 3 atom stereocenters. The van der Waals surface area contributed by atoms with E-state index in [0.717, 1.165) is 39.0 Å². The fraction of sp³-hybridized carbons (Fsp3) is 1.00. The molecule has 0 aromatic carbocycles. The van der Waals surface area contributed by atoms with Gasteiger partial charge in [0.2, 0.25) is 0 Å². The number of nitrogens with one attached hydrogen (secondary N) is 1. The Kier molecular flexibility index (Phi) is 5.45. The van der Waals surface area contributed by atoms with Crippen LogP contribution in [0.15, 0.2) is 0 Å². The van der Waals surface area contributed by atoms with Crippen molar-refractivity contribution in [2.45, 2.75) is 45.3 Å². The first-order chi connectivity index (χ1) is 6.72. The second kappa shape index (κ2) is 6.38. The van der Waals surface area contributed by atoms with Crippen LogP contribution in [0.4, 0.5) is 0 Å². The fourth-order valence-electron chi connectivity index (χ4n) is 1.96. The third kappa shape index (κ3) is 4.40. The molecule has 0 amide bonds. The van der Waals surface area contributed by atoms with Gasteiger partial charge in [0.25, 0.3) is 0 Å². The van der Waals surface area contributed by atoms with Crippen LogP contribution in [0.2, 0.25) is 0 Å². The molecule has 0 saturated heterocycles. The Hall–Kier alpha value is -0.120. The van der Waals surface area contributed by atoms with Crippen molar-refractivity contribution in [3.63, 3.8) is 0 Å². The van der Waals surface area contributed by atoms with Gasteiger partial charge in [0, 0.05) is 12.6 Å². The van der Waals surface area contributed by atoms with Crippen LogP contribution in [-0.4, -0.2) is 37.0 Å². The topological polar surface area (TPSA) is 41.5 Å². The molecule has 1 saturated carbocycles. The summed E-state index contributed by atoms with van der Waals surface area (Å²) in [7, 11) is 0. The van der Waals surface area contributed by atoms with Gasteiger partial charge in [-0.1, -0.05) is 0 Å². The van der Waals surface area contributed by atoms with Gasteiger partial charge >= 0.3 is 0 Å². The van der Waals surface area contributed by atoms with Crippen molar-refractivity contribution in [1.82, 2.24) is 5.32 Å². The molecule has 0 aliphatic heterocycles. The van der Waals surface area contributed by atoms with Gasteiger partial charge in [-0.2, -0.15) is 0 Å². The number of ether oxygens (including phenoxy) is 1. The molecule has 0 radical (unpaired) electrons. The van der Waals surface area contributed by atoms with Crippen LogP contribution in [-0.2, 0) is 4.74 Å². The lowest BCUT2D eigenvalue weighted by molar-refractivity contribution is 0.125. The van der Waals surface area contributed by atoms with Gasteiger partial charge < -0.3 is 15.2 Å². The average molecular weight is 201 g/mol. The molecule has 0 aromatic rings. The van der Waals surface area contributed by atoms with Crippen LogP contribution >= 0.6 is 0 Å². The zero-order valence-corrected chi connectivity index (χ0v) is 9.33. The van der Waals surface area contributed by atoms with Crippen molar-refractivity contribution in [3.8, 4) is 0 Å². The molecule has 84 valence electrons. The predicted octanol–water partition coefficient (Wildman–Crippen LogP) is 1.16. The number of aliphatic hydroxyl groups excluding tert-OH is 1. The smallest absolute Gasteiger partial charge is 0.0616 e. The highest BCUT2D eigenvalue weighted by atomic mass is 16.5. The first kappa shape index (κ1) is 12.0. The zero-order valence-electron chi connectivity index (χ0n) is 9.33. The van der Waals surface area contributed by atoms with Crippen LogP contribution in [0.25, 0.3) is 0 Å². The minimum atomic E-state index is -0.0519. The summed E-state index contributed by atoms with van der Waals surface area (Å²) >= 11 is 0. The summed E-state index contributed by atoms with van der Waals surface area (Å²) in [5.74, 6) is 0.661. The molecule has 0 heterocycles. The van der Waals surface area contributed by atoms with Gasteiger partial charge in [-0.3, -0.25) is 0 Å². The van der Waals surface area contributed by atoms with E-state index in [1.807, 2.05) is 6.92 Å². The summed E-state index contributed by atoms with van der Waals surface area (Å²) in [5.41, 5.74) is 0. The standard InChI is InChI=1S/C11H23NO2/c1-3-14-8-9(2)12-7-10-4-5-11(13)6-10/h9-13H,3-8H2,1-2H3. The maximum absolute atomic E-state index is 9.35. The Bertz CT molecular complexity index is 152. The maximum Gasteiger partial charge on any atom is 0.0616 e. The van der Waals surface area contributed by atoms with Gasteiger partial charge in [-0.25, -0.2) is 0 Å². The van der Waals surface area contributed by atoms with Crippen molar-refractivity contribution in [3.05, 3.63) is 0 Å². The lowest BCUT2D eigenvalue weighted by Gasteiger charge is -2.16. The summed E-state index contributed by atoms with van der Waals surface area (Å²) in [6, 6.07) is 0.424. The van der Waals surface area contributed by atoms with Gasteiger partial charge in [0.1, 0.15) is 0 Å². The van der Waals surface area contributed by atoms with Crippen LogP contribution in [0.3, 0.4) is 0 Å². The second-order valence-corrected chi connectivity index (χ2v) is 4.30. The fourth-order valence-corrected chi connectivity index (χ4v) is 1.96. The molecule has 14 heavy (non-hydrogen) atoms. The van der Waals surface area contributed by atoms with Crippen molar-refractivity contribution in [2.75, 3.05) is 19.8 Å². The predicted molar refractivity (Wildman–Crippen MR) is 57.3 cm³/mol. The molecule has 3 nitrogen and oxygen atoms in total. The Morgan fingerprint density at radius 3 is 2.86 bits per heavy atom. The van der Waals surface area contributed by atoms with E-state index in [9.17, 15) is 5.11 Å². The van der Waals surface area contributed by atoms with E-state index in [1.54, 1.807) is 0 Å². The first-order valence-electron chi connectivity index (χ1n) is 5.71. The summed E-state index contributed by atoms with van der Waals surface area (Å²) in [4.78, 5) is 0. The lowest BCUT2D eigenvalue weighted by Crippen LogP contribution is -2.34. The largest absolute Gasteiger partial charge is 0.393 e. The molecule has 1 fully saturated rings. The summed E-state index contributed by atoms with van der Waals surface area (Å²) in [6.07, 6.45) is 3.06. The molecule has 0 spiro atoms. The highest BCUT2D eigenvalue weighted by molar-refractivity contribution is 4.77. The van der Waals surface area contributed by atoms with Gasteiger partial charge in [-0.15, -0.1) is 0 Å². The average Bonchev–Trinajstić information content (AvgIpc) is 2.58. The summed E-state index contributed by atoms with van der Waals surface area (Å²) in [5, 5.41) is 12.8. The van der Waals surface area contributed by atoms with Gasteiger partial charge in [0.15, 0.2) is 0 Å². The molecule has 1 aliphatic carbocycles. The van der Waals surface area contributed by atoms with Crippen LogP contribution in [0, 0.1) is 5.92 Å². The van der Waals surface area contributed by atoms with E-state index in [0.29, 0.717) is 12.0 Å². The minimum absolute atomic E-state index is 0.0519. The maximum atomic E-state index is 9.35. The Morgan fingerprint density at radius 1 is 1.50 bits per heavy atom. The van der Waals surface area contributed by atoms with E-state index in [-0.39, 0.29) is 6.10 Å².